The van der Waals surface area contributed by atoms with E-state index in [-0.39, 0.29) is 23.9 Å². The van der Waals surface area contributed by atoms with E-state index in [1.165, 1.54) is 7.11 Å². The van der Waals surface area contributed by atoms with Gasteiger partial charge in [-0.3, -0.25) is 19.6 Å². The summed E-state index contributed by atoms with van der Waals surface area (Å²) in [5.41, 5.74) is 12.6. The standard InChI is InChI=1S/C42H39N5O7/c1-50-32-11-7-26(8-12-32)28-16-31-22-45-36-20-40(38(52-3)18-34(36)42(49)47(31)24-28)54-14-4-13-53-39-19-35-33(17-37(39)51-2)41(48)46-23-27(15-30(46)21-44-35)25-5-9-29(43)10-6-25/h5-12,17-24,30-31H,4,13-16,43H2,1-3H3/t30?,31-/m0/s1. The van der Waals surface area contributed by atoms with E-state index in [0.29, 0.717) is 83.7 Å². The van der Waals surface area contributed by atoms with Crippen LogP contribution < -0.4 is 29.4 Å². The van der Waals surface area contributed by atoms with Crippen LogP contribution in [-0.4, -0.2) is 80.7 Å². The number of nitrogens with two attached hydrogens (primary N) is 1. The fourth-order valence-corrected chi connectivity index (χ4v) is 7.07. The number of methoxy groups -OCH3 is 3. The molecule has 8 rings (SSSR count). The average molecular weight is 726 g/mol. The van der Waals surface area contributed by atoms with Crippen molar-refractivity contribution >= 4 is 52.5 Å². The Hall–Kier alpha value is -6.56. The lowest BCUT2D eigenvalue weighted by Gasteiger charge is -2.19. The highest BCUT2D eigenvalue weighted by atomic mass is 16.5. The Morgan fingerprint density at radius 3 is 1.54 bits per heavy atom. The zero-order valence-electron chi connectivity index (χ0n) is 30.2. The molecule has 12 heteroatoms. The molecule has 2 N–H and O–H groups in total. The molecule has 0 saturated heterocycles. The lowest BCUT2D eigenvalue weighted by atomic mass is 10.0. The number of ether oxygens (including phenoxy) is 5. The van der Waals surface area contributed by atoms with E-state index in [1.807, 2.05) is 67.1 Å². The molecule has 4 aliphatic rings. The smallest absolute Gasteiger partial charge is 0.260 e. The summed E-state index contributed by atoms with van der Waals surface area (Å²) in [6.45, 7) is 0.609. The number of amides is 2. The summed E-state index contributed by atoms with van der Waals surface area (Å²) in [6.07, 6.45) is 9.22. The van der Waals surface area contributed by atoms with Crippen molar-refractivity contribution in [1.29, 1.82) is 0 Å². The highest BCUT2D eigenvalue weighted by Gasteiger charge is 2.35. The summed E-state index contributed by atoms with van der Waals surface area (Å²) in [4.78, 5) is 40.3. The van der Waals surface area contributed by atoms with Crippen LogP contribution in [0.5, 0.6) is 28.7 Å². The predicted molar refractivity (Wildman–Crippen MR) is 207 cm³/mol. The van der Waals surface area contributed by atoms with Gasteiger partial charge in [-0.25, -0.2) is 0 Å². The third-order valence-electron chi connectivity index (χ3n) is 9.97. The third-order valence-corrected chi connectivity index (χ3v) is 9.97. The van der Waals surface area contributed by atoms with E-state index < -0.39 is 0 Å². The largest absolute Gasteiger partial charge is 0.497 e. The zero-order valence-corrected chi connectivity index (χ0v) is 30.2. The van der Waals surface area contributed by atoms with Crippen LogP contribution in [0.25, 0.3) is 11.1 Å². The Morgan fingerprint density at radius 2 is 1.09 bits per heavy atom. The van der Waals surface area contributed by atoms with Crippen molar-refractivity contribution in [3.05, 3.63) is 107 Å². The fraction of sp³-hybridized carbons (Fsp3) is 0.238. The Kier molecular flexibility index (Phi) is 9.24. The fourth-order valence-electron chi connectivity index (χ4n) is 7.07. The Labute approximate surface area is 312 Å². The molecule has 0 radical (unpaired) electrons. The second-order valence-corrected chi connectivity index (χ2v) is 13.3. The van der Waals surface area contributed by atoms with Gasteiger partial charge in [-0.2, -0.15) is 0 Å². The SMILES string of the molecule is COc1ccc(C2=CN3C(=O)c4cc(OC)c(OCCCOc5cc6c(cc5OC)C(=O)N5C=C(c7ccc(N)cc7)CC5C=N6)cc4N=C[C@@H]3C2)cc1. The van der Waals surface area contributed by atoms with Gasteiger partial charge in [-0.15, -0.1) is 0 Å². The number of hydrogen-bond donors (Lipinski definition) is 1. The monoisotopic (exact) mass is 725 g/mol. The second kappa shape index (κ2) is 14.5. The first-order valence-electron chi connectivity index (χ1n) is 17.7. The van der Waals surface area contributed by atoms with Crippen LogP contribution in [0, 0.1) is 0 Å². The predicted octanol–water partition coefficient (Wildman–Crippen LogP) is 7.09. The summed E-state index contributed by atoms with van der Waals surface area (Å²) >= 11 is 0. The van der Waals surface area contributed by atoms with Crippen LogP contribution >= 0.6 is 0 Å². The number of carbonyl (C=O) groups is 2. The van der Waals surface area contributed by atoms with E-state index in [9.17, 15) is 9.59 Å². The van der Waals surface area contributed by atoms with Crippen molar-refractivity contribution in [3.8, 4) is 28.7 Å². The molecule has 0 bridgehead atoms. The minimum Gasteiger partial charge on any atom is -0.497 e. The van der Waals surface area contributed by atoms with Gasteiger partial charge < -0.3 is 39.2 Å². The molecular weight excluding hydrogens is 686 g/mol. The number of nitrogens with zero attached hydrogens (tertiary/aromatic N) is 4. The van der Waals surface area contributed by atoms with Crippen LogP contribution in [0.15, 0.2) is 95.2 Å². The topological polar surface area (TPSA) is 138 Å². The lowest BCUT2D eigenvalue weighted by Crippen LogP contribution is -2.32. The maximum atomic E-state index is 13.7. The van der Waals surface area contributed by atoms with Crippen LogP contribution in [0.2, 0.25) is 0 Å². The normalized spacial score (nSPS) is 18.1. The van der Waals surface area contributed by atoms with Gasteiger partial charge in [0.05, 0.1) is 69.1 Å². The van der Waals surface area contributed by atoms with Crippen molar-refractivity contribution in [3.63, 3.8) is 0 Å². The molecule has 2 amide bonds. The molecule has 54 heavy (non-hydrogen) atoms. The van der Waals surface area contributed by atoms with E-state index in [1.54, 1.807) is 54.5 Å². The highest BCUT2D eigenvalue weighted by molar-refractivity contribution is 6.06. The number of nitrogen functional groups attached to an aromatic ring is 1. The van der Waals surface area contributed by atoms with Crippen LogP contribution in [-0.2, 0) is 0 Å². The highest BCUT2D eigenvalue weighted by Crippen LogP contribution is 2.42. The summed E-state index contributed by atoms with van der Waals surface area (Å²) < 4.78 is 28.8. The molecular formula is C42H39N5O7. The molecule has 0 aliphatic carbocycles. The van der Waals surface area contributed by atoms with Gasteiger partial charge in [0, 0.05) is 61.9 Å². The molecule has 274 valence electrons. The Bertz CT molecular complexity index is 2240. The van der Waals surface area contributed by atoms with E-state index >= 15 is 0 Å². The van der Waals surface area contributed by atoms with Crippen molar-refractivity contribution in [2.45, 2.75) is 31.3 Å². The number of fused-ring (bicyclic) bond motifs is 4. The molecule has 4 heterocycles. The number of aliphatic imine (C=N–C) groups is 2. The van der Waals surface area contributed by atoms with Crippen LogP contribution in [0.3, 0.4) is 0 Å². The molecule has 0 fully saturated rings. The van der Waals surface area contributed by atoms with E-state index in [0.717, 1.165) is 28.0 Å². The van der Waals surface area contributed by atoms with Crippen molar-refractivity contribution < 1.29 is 33.3 Å². The minimum absolute atomic E-state index is 0.158. The lowest BCUT2D eigenvalue weighted by molar-refractivity contribution is 0.0809. The number of benzene rings is 4. The first-order valence-corrected chi connectivity index (χ1v) is 17.7. The first-order chi connectivity index (χ1) is 26.3. The Morgan fingerprint density at radius 1 is 0.630 bits per heavy atom. The molecule has 4 aromatic carbocycles. The first kappa shape index (κ1) is 34.5. The van der Waals surface area contributed by atoms with Gasteiger partial charge in [0.1, 0.15) is 5.75 Å². The van der Waals surface area contributed by atoms with E-state index in [4.69, 9.17) is 34.4 Å². The minimum atomic E-state index is -0.203. The maximum absolute atomic E-state index is 13.7. The number of rotatable bonds is 11. The van der Waals surface area contributed by atoms with Crippen molar-refractivity contribution in [2.75, 3.05) is 40.3 Å². The quantitative estimate of drug-likeness (QED) is 0.128. The molecule has 4 aromatic rings. The molecule has 1 unspecified atom stereocenters. The molecule has 4 aliphatic heterocycles. The van der Waals surface area contributed by atoms with Gasteiger partial charge >= 0.3 is 0 Å². The second-order valence-electron chi connectivity index (χ2n) is 13.3. The molecule has 0 aromatic heterocycles. The summed E-state index contributed by atoms with van der Waals surface area (Å²) in [6, 6.07) is 21.9. The molecule has 0 saturated carbocycles. The van der Waals surface area contributed by atoms with E-state index in [2.05, 4.69) is 4.99 Å². The van der Waals surface area contributed by atoms with Gasteiger partial charge in [0.2, 0.25) is 0 Å². The van der Waals surface area contributed by atoms with Gasteiger partial charge in [0.15, 0.2) is 23.0 Å². The summed E-state index contributed by atoms with van der Waals surface area (Å²) in [5.74, 6) is 2.27. The zero-order chi connectivity index (χ0) is 37.3. The third kappa shape index (κ3) is 6.51. The maximum Gasteiger partial charge on any atom is 0.260 e. The van der Waals surface area contributed by atoms with Crippen molar-refractivity contribution in [2.24, 2.45) is 9.98 Å². The molecule has 2 atom stereocenters. The Balaban J connectivity index is 0.909. The van der Waals surface area contributed by atoms with Gasteiger partial charge in [0.25, 0.3) is 11.8 Å². The number of hydrogen-bond acceptors (Lipinski definition) is 10. The number of carbonyl (C=O) groups excluding carboxylic acids is 2. The summed E-state index contributed by atoms with van der Waals surface area (Å²) in [5, 5.41) is 0. The summed E-state index contributed by atoms with van der Waals surface area (Å²) in [7, 11) is 4.72. The van der Waals surface area contributed by atoms with Gasteiger partial charge in [-0.1, -0.05) is 24.3 Å². The van der Waals surface area contributed by atoms with Crippen LogP contribution in [0.4, 0.5) is 17.1 Å². The van der Waals surface area contributed by atoms with Crippen molar-refractivity contribution in [1.82, 2.24) is 9.80 Å². The average Bonchev–Trinajstić information content (AvgIpc) is 3.78. The van der Waals surface area contributed by atoms with Gasteiger partial charge in [-0.05, 0) is 58.7 Å². The number of anilines is 1. The molecule has 0 spiro atoms. The van der Waals surface area contributed by atoms with Crippen LogP contribution in [0.1, 0.15) is 51.1 Å². The molecule has 12 nitrogen and oxygen atoms in total.